The van der Waals surface area contributed by atoms with Gasteiger partial charge in [0.05, 0.1) is 13.2 Å². The minimum absolute atomic E-state index is 0.163. The number of carbonyl (C=O) groups excluding carboxylic acids is 1. The number of hydrogen-bond donors (Lipinski definition) is 0. The maximum atomic E-state index is 13.0. The van der Waals surface area contributed by atoms with Crippen LogP contribution in [0.15, 0.2) is 15.3 Å². The highest BCUT2D eigenvalue weighted by atomic mass is 16.5. The second-order valence-corrected chi connectivity index (χ2v) is 8.64. The lowest BCUT2D eigenvalue weighted by molar-refractivity contribution is -0.000982. The van der Waals surface area contributed by atoms with Crippen LogP contribution in [0.4, 0.5) is 0 Å². The Hall–Kier alpha value is -1.66. The van der Waals surface area contributed by atoms with Gasteiger partial charge in [0.15, 0.2) is 0 Å². The summed E-state index contributed by atoms with van der Waals surface area (Å²) in [5, 5.41) is 0. The van der Waals surface area contributed by atoms with Crippen molar-refractivity contribution in [3.8, 4) is 0 Å². The second kappa shape index (κ2) is 8.37. The summed E-state index contributed by atoms with van der Waals surface area (Å²) >= 11 is 0. The zero-order valence-electron chi connectivity index (χ0n) is 17.1. The highest BCUT2D eigenvalue weighted by Gasteiger charge is 2.32. The number of piperidine rings is 1. The normalized spacial score (nSPS) is 23.4. The van der Waals surface area contributed by atoms with Crippen LogP contribution in [0.2, 0.25) is 0 Å². The van der Waals surface area contributed by atoms with E-state index in [1.165, 1.54) is 6.42 Å². The second-order valence-electron chi connectivity index (χ2n) is 8.64. The Morgan fingerprint density at radius 2 is 1.79 bits per heavy atom. The minimum Gasteiger partial charge on any atom is -0.427 e. The number of nitrogens with zero attached hydrogens (tertiary/aromatic N) is 2. The highest BCUT2D eigenvalue weighted by molar-refractivity contribution is 5.95. The molecule has 0 N–H and O–H groups in total. The summed E-state index contributed by atoms with van der Waals surface area (Å²) in [4.78, 5) is 29.9. The molecule has 3 fully saturated rings. The van der Waals surface area contributed by atoms with Crippen LogP contribution in [0.25, 0.3) is 0 Å². The fourth-order valence-electron chi connectivity index (χ4n) is 4.81. The molecule has 1 unspecified atom stereocenters. The first-order valence-electron chi connectivity index (χ1n) is 10.8. The van der Waals surface area contributed by atoms with E-state index in [9.17, 15) is 9.59 Å². The molecule has 0 radical (unpaired) electrons. The summed E-state index contributed by atoms with van der Waals surface area (Å²) in [5.41, 5.74) is 0.519. The first-order chi connectivity index (χ1) is 13.5. The molecule has 6 nitrogen and oxygen atoms in total. The van der Waals surface area contributed by atoms with Crippen LogP contribution < -0.4 is 5.63 Å². The molecule has 4 rings (SSSR count). The van der Waals surface area contributed by atoms with Gasteiger partial charge in [-0.15, -0.1) is 0 Å². The van der Waals surface area contributed by atoms with Gasteiger partial charge in [-0.25, -0.2) is 4.79 Å². The lowest BCUT2D eigenvalue weighted by Crippen LogP contribution is -2.49. The highest BCUT2D eigenvalue weighted by Crippen LogP contribution is 2.36. The van der Waals surface area contributed by atoms with Crippen molar-refractivity contribution < 1.29 is 13.9 Å². The van der Waals surface area contributed by atoms with Crippen molar-refractivity contribution in [2.45, 2.75) is 57.9 Å². The van der Waals surface area contributed by atoms with E-state index in [0.29, 0.717) is 31.0 Å². The average Bonchev–Trinajstić information content (AvgIpc) is 2.66. The largest absolute Gasteiger partial charge is 0.427 e. The molecule has 1 aromatic rings. The maximum Gasteiger partial charge on any atom is 0.349 e. The predicted octanol–water partition coefficient (Wildman–Crippen LogP) is 2.79. The van der Waals surface area contributed by atoms with Gasteiger partial charge in [0, 0.05) is 38.1 Å². The van der Waals surface area contributed by atoms with Crippen LogP contribution in [-0.2, 0) is 4.74 Å². The topological polar surface area (TPSA) is 63.0 Å². The van der Waals surface area contributed by atoms with Crippen molar-refractivity contribution in [3.05, 3.63) is 33.4 Å². The number of morpholine rings is 1. The summed E-state index contributed by atoms with van der Waals surface area (Å²) < 4.78 is 11.0. The molecule has 0 aromatic carbocycles. The van der Waals surface area contributed by atoms with Gasteiger partial charge in [-0.1, -0.05) is 6.42 Å². The number of rotatable bonds is 4. The Morgan fingerprint density at radius 3 is 2.36 bits per heavy atom. The fourth-order valence-corrected chi connectivity index (χ4v) is 4.81. The number of carbonyl (C=O) groups is 1. The van der Waals surface area contributed by atoms with Gasteiger partial charge in [-0.3, -0.25) is 9.69 Å². The van der Waals surface area contributed by atoms with E-state index in [4.69, 9.17) is 9.15 Å². The molecule has 1 atom stereocenters. The van der Waals surface area contributed by atoms with Gasteiger partial charge in [-0.2, -0.15) is 0 Å². The van der Waals surface area contributed by atoms with E-state index in [2.05, 4.69) is 11.8 Å². The molecule has 154 valence electrons. The van der Waals surface area contributed by atoms with Crippen molar-refractivity contribution in [1.29, 1.82) is 0 Å². The lowest BCUT2D eigenvalue weighted by atomic mass is 9.83. The van der Waals surface area contributed by atoms with Gasteiger partial charge >= 0.3 is 5.63 Å². The molecule has 0 spiro atoms. The molecule has 2 saturated heterocycles. The minimum atomic E-state index is -0.462. The molecule has 3 heterocycles. The van der Waals surface area contributed by atoms with Crippen LogP contribution in [0.3, 0.4) is 0 Å². The summed E-state index contributed by atoms with van der Waals surface area (Å²) in [6.07, 6.45) is 5.30. The fraction of sp³-hybridized carbons (Fsp3) is 0.727. The Labute approximate surface area is 166 Å². The Bertz CT molecular complexity index is 756. The van der Waals surface area contributed by atoms with Crippen LogP contribution >= 0.6 is 0 Å². The molecule has 3 aliphatic rings. The maximum absolute atomic E-state index is 13.0. The average molecular weight is 389 g/mol. The Morgan fingerprint density at radius 1 is 1.11 bits per heavy atom. The van der Waals surface area contributed by atoms with Gasteiger partial charge in [0.1, 0.15) is 11.3 Å². The van der Waals surface area contributed by atoms with E-state index in [1.54, 1.807) is 0 Å². The number of aryl methyl sites for hydroxylation is 1. The zero-order valence-corrected chi connectivity index (χ0v) is 17.1. The zero-order chi connectivity index (χ0) is 19.7. The molecule has 2 aliphatic heterocycles. The Kier molecular flexibility index (Phi) is 5.88. The van der Waals surface area contributed by atoms with E-state index in [-0.39, 0.29) is 11.5 Å². The number of amides is 1. The van der Waals surface area contributed by atoms with E-state index < -0.39 is 5.63 Å². The third-order valence-corrected chi connectivity index (χ3v) is 7.02. The standard InChI is InChI=1S/C22H32N2O4/c1-15-14-19(18-4-3-5-18)28-22(26)20(15)21(25)24-8-6-17(7-9-24)16(2)23-10-12-27-13-11-23/h14,16-18H,3-13H2,1-2H3. The number of likely N-dealkylation sites (tertiary alicyclic amines) is 1. The summed E-state index contributed by atoms with van der Waals surface area (Å²) in [5.74, 6) is 1.53. The third-order valence-electron chi connectivity index (χ3n) is 7.02. The van der Waals surface area contributed by atoms with Gasteiger partial charge in [0.25, 0.3) is 5.91 Å². The molecule has 0 bridgehead atoms. The van der Waals surface area contributed by atoms with E-state index in [1.807, 2.05) is 17.9 Å². The monoisotopic (exact) mass is 388 g/mol. The van der Waals surface area contributed by atoms with Gasteiger partial charge < -0.3 is 14.1 Å². The van der Waals surface area contributed by atoms with Crippen molar-refractivity contribution in [2.24, 2.45) is 5.92 Å². The Balaban J connectivity index is 1.39. The van der Waals surface area contributed by atoms with Crippen molar-refractivity contribution in [1.82, 2.24) is 9.80 Å². The first-order valence-corrected chi connectivity index (χ1v) is 10.8. The third kappa shape index (κ3) is 3.90. The van der Waals surface area contributed by atoms with E-state index in [0.717, 1.165) is 63.3 Å². The molecule has 1 aliphatic carbocycles. The molecule has 6 heteroatoms. The quantitative estimate of drug-likeness (QED) is 0.794. The van der Waals surface area contributed by atoms with Crippen molar-refractivity contribution in [3.63, 3.8) is 0 Å². The SMILES string of the molecule is Cc1cc(C2CCC2)oc(=O)c1C(=O)N1CCC(C(C)N2CCOCC2)CC1. The smallest absolute Gasteiger partial charge is 0.349 e. The summed E-state index contributed by atoms with van der Waals surface area (Å²) in [6.45, 7) is 9.19. The van der Waals surface area contributed by atoms with Crippen LogP contribution in [0, 0.1) is 12.8 Å². The first kappa shape index (κ1) is 19.6. The van der Waals surface area contributed by atoms with Crippen LogP contribution in [-0.4, -0.2) is 61.1 Å². The van der Waals surface area contributed by atoms with Gasteiger partial charge in [-0.05, 0) is 57.1 Å². The predicted molar refractivity (Wildman–Crippen MR) is 107 cm³/mol. The van der Waals surface area contributed by atoms with Crippen molar-refractivity contribution >= 4 is 5.91 Å². The molecule has 1 amide bonds. The number of ether oxygens (including phenoxy) is 1. The van der Waals surface area contributed by atoms with Crippen LogP contribution in [0.5, 0.6) is 0 Å². The molecule has 1 saturated carbocycles. The summed E-state index contributed by atoms with van der Waals surface area (Å²) in [6, 6.07) is 2.42. The van der Waals surface area contributed by atoms with E-state index >= 15 is 0 Å². The number of hydrogen-bond acceptors (Lipinski definition) is 5. The van der Waals surface area contributed by atoms with Crippen LogP contribution in [0.1, 0.15) is 66.6 Å². The molecular formula is C22H32N2O4. The molecule has 28 heavy (non-hydrogen) atoms. The summed E-state index contributed by atoms with van der Waals surface area (Å²) in [7, 11) is 0. The van der Waals surface area contributed by atoms with Crippen molar-refractivity contribution in [2.75, 3.05) is 39.4 Å². The molecule has 1 aromatic heterocycles. The lowest BCUT2D eigenvalue weighted by Gasteiger charge is -2.41. The molecular weight excluding hydrogens is 356 g/mol. The van der Waals surface area contributed by atoms with Gasteiger partial charge in [0.2, 0.25) is 0 Å².